The highest BCUT2D eigenvalue weighted by atomic mass is 32.1. The first-order valence-corrected chi connectivity index (χ1v) is 6.48. The van der Waals surface area contributed by atoms with Crippen LogP contribution in [0.15, 0.2) is 16.7 Å². The second-order valence-corrected chi connectivity index (χ2v) is 4.88. The number of aryl methyl sites for hydroxylation is 1. The molecule has 0 spiro atoms. The zero-order chi connectivity index (χ0) is 12.5. The first kappa shape index (κ1) is 11.7. The van der Waals surface area contributed by atoms with Crippen LogP contribution >= 0.6 is 12.2 Å². The van der Waals surface area contributed by atoms with Crippen LogP contribution in [0.5, 0.6) is 0 Å². The number of H-pyrrole nitrogens is 1. The highest BCUT2D eigenvalue weighted by Crippen LogP contribution is 2.24. The number of furan rings is 1. The molecule has 1 atom stereocenters. The number of aromatic amines is 1. The molecule has 6 heteroatoms. The van der Waals surface area contributed by atoms with Gasteiger partial charge >= 0.3 is 0 Å². The first-order valence-electron chi connectivity index (χ1n) is 6.07. The zero-order valence-corrected chi connectivity index (χ0v) is 11.0. The molecule has 96 valence electrons. The van der Waals surface area contributed by atoms with E-state index in [1.807, 2.05) is 17.6 Å². The number of nitrogens with one attached hydrogen (secondary N) is 1. The molecule has 0 bridgehead atoms. The number of hydrogen-bond donors (Lipinski definition) is 1. The Morgan fingerprint density at radius 1 is 1.61 bits per heavy atom. The van der Waals surface area contributed by atoms with Crippen LogP contribution in [-0.4, -0.2) is 27.5 Å². The molecule has 1 fully saturated rings. The normalized spacial score (nSPS) is 19.5. The summed E-state index contributed by atoms with van der Waals surface area (Å²) in [6.45, 7) is 3.51. The predicted molar refractivity (Wildman–Crippen MR) is 68.8 cm³/mol. The Bertz CT molecular complexity index is 592. The molecule has 1 N–H and O–H groups in total. The van der Waals surface area contributed by atoms with E-state index in [1.165, 1.54) is 0 Å². The van der Waals surface area contributed by atoms with Crippen LogP contribution < -0.4 is 0 Å². The van der Waals surface area contributed by atoms with Crippen molar-refractivity contribution in [2.45, 2.75) is 32.4 Å². The molecule has 0 radical (unpaired) electrons. The summed E-state index contributed by atoms with van der Waals surface area (Å²) in [7, 11) is 0. The number of aromatic nitrogens is 3. The van der Waals surface area contributed by atoms with Crippen LogP contribution in [0.2, 0.25) is 0 Å². The minimum atomic E-state index is 0.236. The largest absolute Gasteiger partial charge is 0.469 e. The van der Waals surface area contributed by atoms with Crippen LogP contribution in [0, 0.1) is 11.7 Å². The lowest BCUT2D eigenvalue weighted by atomic mass is 10.2. The van der Waals surface area contributed by atoms with Crippen LogP contribution in [0.1, 0.15) is 18.6 Å². The summed E-state index contributed by atoms with van der Waals surface area (Å²) in [5, 5.41) is 7.14. The third-order valence-electron chi connectivity index (χ3n) is 3.27. The van der Waals surface area contributed by atoms with Gasteiger partial charge in [0, 0.05) is 6.61 Å². The predicted octanol–water partition coefficient (Wildman–Crippen LogP) is 2.69. The second kappa shape index (κ2) is 4.70. The fraction of sp³-hybridized carbons (Fsp3) is 0.500. The molecule has 0 aliphatic carbocycles. The van der Waals surface area contributed by atoms with Gasteiger partial charge in [0.05, 0.1) is 24.5 Å². The van der Waals surface area contributed by atoms with Gasteiger partial charge in [-0.2, -0.15) is 5.10 Å². The maximum Gasteiger partial charge on any atom is 0.195 e. The van der Waals surface area contributed by atoms with E-state index in [1.54, 1.807) is 6.26 Å². The van der Waals surface area contributed by atoms with Crippen molar-refractivity contribution in [3.63, 3.8) is 0 Å². The van der Waals surface area contributed by atoms with E-state index >= 15 is 0 Å². The zero-order valence-electron chi connectivity index (χ0n) is 10.2. The molecule has 18 heavy (non-hydrogen) atoms. The Morgan fingerprint density at radius 2 is 2.50 bits per heavy atom. The quantitative estimate of drug-likeness (QED) is 0.867. The molecular weight excluding hydrogens is 250 g/mol. The van der Waals surface area contributed by atoms with Crippen molar-refractivity contribution in [1.29, 1.82) is 0 Å². The Labute approximate surface area is 110 Å². The van der Waals surface area contributed by atoms with Gasteiger partial charge in [-0.25, -0.2) is 0 Å². The van der Waals surface area contributed by atoms with Crippen LogP contribution in [0.3, 0.4) is 0 Å². The Kier molecular flexibility index (Phi) is 3.05. The van der Waals surface area contributed by atoms with Crippen molar-refractivity contribution in [3.8, 4) is 11.4 Å². The number of rotatable bonds is 3. The van der Waals surface area contributed by atoms with E-state index in [4.69, 9.17) is 21.4 Å². The van der Waals surface area contributed by atoms with E-state index in [-0.39, 0.29) is 6.10 Å². The molecule has 3 heterocycles. The Balaban J connectivity index is 1.96. The molecule has 2 aromatic rings. The topological polar surface area (TPSA) is 56.0 Å². The summed E-state index contributed by atoms with van der Waals surface area (Å²) in [6, 6.07) is 1.91. The molecule has 5 nitrogen and oxygen atoms in total. The van der Waals surface area contributed by atoms with Crippen molar-refractivity contribution in [2.75, 3.05) is 6.61 Å². The highest BCUT2D eigenvalue weighted by molar-refractivity contribution is 7.71. The summed E-state index contributed by atoms with van der Waals surface area (Å²) in [5.41, 5.74) is 0.973. The highest BCUT2D eigenvalue weighted by Gasteiger charge is 2.20. The van der Waals surface area contributed by atoms with E-state index in [2.05, 4.69) is 10.2 Å². The molecule has 1 aliphatic rings. The smallest absolute Gasteiger partial charge is 0.195 e. The lowest BCUT2D eigenvalue weighted by Crippen LogP contribution is -2.16. The van der Waals surface area contributed by atoms with Crippen molar-refractivity contribution >= 4 is 12.2 Å². The number of hydrogen-bond acceptors (Lipinski definition) is 4. The van der Waals surface area contributed by atoms with Crippen LogP contribution in [0.4, 0.5) is 0 Å². The summed E-state index contributed by atoms with van der Waals surface area (Å²) in [6.07, 6.45) is 4.10. The molecule has 1 aliphatic heterocycles. The van der Waals surface area contributed by atoms with Gasteiger partial charge in [-0.15, -0.1) is 0 Å². The second-order valence-electron chi connectivity index (χ2n) is 4.49. The van der Waals surface area contributed by atoms with Gasteiger partial charge < -0.3 is 9.15 Å². The van der Waals surface area contributed by atoms with Crippen molar-refractivity contribution < 1.29 is 9.15 Å². The van der Waals surface area contributed by atoms with Crippen molar-refractivity contribution in [3.05, 3.63) is 22.9 Å². The summed E-state index contributed by atoms with van der Waals surface area (Å²) in [4.78, 5) is 0. The van der Waals surface area contributed by atoms with Crippen LogP contribution in [-0.2, 0) is 11.3 Å². The first-order chi connectivity index (χ1) is 8.75. The van der Waals surface area contributed by atoms with Gasteiger partial charge in [-0.3, -0.25) is 9.67 Å². The average Bonchev–Trinajstić information content (AvgIpc) is 3.05. The van der Waals surface area contributed by atoms with Gasteiger partial charge in [0.15, 0.2) is 10.6 Å². The molecule has 0 saturated carbocycles. The number of ether oxygens (including phenoxy) is 1. The molecule has 0 aromatic carbocycles. The Morgan fingerprint density at radius 3 is 3.17 bits per heavy atom. The third kappa shape index (κ3) is 2.02. The van der Waals surface area contributed by atoms with Gasteiger partial charge in [0.1, 0.15) is 5.76 Å². The summed E-state index contributed by atoms with van der Waals surface area (Å²) in [5.74, 6) is 1.67. The molecule has 1 saturated heterocycles. The van der Waals surface area contributed by atoms with Gasteiger partial charge in [0.25, 0.3) is 0 Å². The maximum atomic E-state index is 5.65. The van der Waals surface area contributed by atoms with Crippen molar-refractivity contribution in [1.82, 2.24) is 14.8 Å². The Hall–Kier alpha value is -1.40. The fourth-order valence-electron chi connectivity index (χ4n) is 2.30. The molecular formula is C12H15N3O2S. The summed E-state index contributed by atoms with van der Waals surface area (Å²) < 4.78 is 13.6. The van der Waals surface area contributed by atoms with E-state index in [0.29, 0.717) is 4.77 Å². The van der Waals surface area contributed by atoms with Gasteiger partial charge in [-0.1, -0.05) is 0 Å². The van der Waals surface area contributed by atoms with E-state index in [0.717, 1.165) is 43.1 Å². The van der Waals surface area contributed by atoms with E-state index < -0.39 is 0 Å². The molecule has 2 aromatic heterocycles. The average molecular weight is 265 g/mol. The van der Waals surface area contributed by atoms with Crippen molar-refractivity contribution in [2.24, 2.45) is 0 Å². The van der Waals surface area contributed by atoms with E-state index in [9.17, 15) is 0 Å². The van der Waals surface area contributed by atoms with Gasteiger partial charge in [0.2, 0.25) is 0 Å². The summed E-state index contributed by atoms with van der Waals surface area (Å²) >= 11 is 5.28. The molecule has 0 amide bonds. The fourth-order valence-corrected chi connectivity index (χ4v) is 2.51. The lowest BCUT2D eigenvalue weighted by Gasteiger charge is -2.11. The minimum Gasteiger partial charge on any atom is -0.469 e. The third-order valence-corrected chi connectivity index (χ3v) is 3.58. The van der Waals surface area contributed by atoms with Crippen LogP contribution in [0.25, 0.3) is 11.4 Å². The standard InChI is InChI=1S/C12H15N3O2S/c1-8-10(4-6-16-8)11-13-14-12(18)15(11)7-9-3-2-5-17-9/h4,6,9H,2-3,5,7H2,1H3,(H,14,18)/t9-/m0/s1. The lowest BCUT2D eigenvalue weighted by molar-refractivity contribution is 0.0970. The maximum absolute atomic E-state index is 5.65. The molecule has 3 rings (SSSR count). The van der Waals surface area contributed by atoms with Gasteiger partial charge in [-0.05, 0) is 38.0 Å². The molecule has 0 unspecified atom stereocenters. The monoisotopic (exact) mass is 265 g/mol. The minimum absolute atomic E-state index is 0.236. The number of nitrogens with zero attached hydrogens (tertiary/aromatic N) is 2. The SMILES string of the molecule is Cc1occc1-c1n[nH]c(=S)n1C[C@@H]1CCCO1.